The summed E-state index contributed by atoms with van der Waals surface area (Å²) in [4.78, 5) is 15.4. The van der Waals surface area contributed by atoms with Crippen molar-refractivity contribution >= 4 is 28.9 Å². The van der Waals surface area contributed by atoms with E-state index < -0.39 is 0 Å². The third-order valence-electron chi connectivity index (χ3n) is 4.02. The van der Waals surface area contributed by atoms with Crippen molar-refractivity contribution in [3.05, 3.63) is 29.8 Å². The number of morpholine rings is 1. The minimum absolute atomic E-state index is 0.0793. The van der Waals surface area contributed by atoms with Gasteiger partial charge in [0.1, 0.15) is 13.1 Å². The van der Waals surface area contributed by atoms with Crippen molar-refractivity contribution in [3.8, 4) is 0 Å². The number of ether oxygens (including phenoxy) is 1. The molecule has 0 bridgehead atoms. The van der Waals surface area contributed by atoms with Gasteiger partial charge >= 0.3 is 0 Å². The van der Waals surface area contributed by atoms with E-state index in [1.807, 2.05) is 38.2 Å². The average Bonchev–Trinajstić information content (AvgIpc) is 2.57. The summed E-state index contributed by atoms with van der Waals surface area (Å²) in [5, 5.41) is 6.70. The molecule has 1 amide bonds. The molecule has 7 heteroatoms. The first-order valence-electron chi connectivity index (χ1n) is 8.31. The molecule has 3 N–H and O–H groups in total. The Labute approximate surface area is 149 Å². The first-order chi connectivity index (χ1) is 11.5. The predicted molar refractivity (Wildman–Crippen MR) is 99.4 cm³/mol. The van der Waals surface area contributed by atoms with Crippen LogP contribution in [0.4, 0.5) is 5.69 Å². The molecule has 1 aromatic rings. The SMILES string of the molecule is Cc1ccc(NC(=O)CN(C)C(=S)NCC[NH+]2CCOCC2)cc1. The van der Waals surface area contributed by atoms with Gasteiger partial charge in [0.15, 0.2) is 5.11 Å². The fourth-order valence-corrected chi connectivity index (χ4v) is 2.68. The van der Waals surface area contributed by atoms with Gasteiger partial charge in [-0.2, -0.15) is 0 Å². The van der Waals surface area contributed by atoms with Gasteiger partial charge in [-0.3, -0.25) is 4.79 Å². The number of benzene rings is 1. The Morgan fingerprint density at radius 2 is 1.96 bits per heavy atom. The Balaban J connectivity index is 1.66. The number of nitrogens with one attached hydrogen (secondary N) is 3. The lowest BCUT2D eigenvalue weighted by atomic mass is 10.2. The van der Waals surface area contributed by atoms with Crippen molar-refractivity contribution in [2.45, 2.75) is 6.92 Å². The summed E-state index contributed by atoms with van der Waals surface area (Å²) in [7, 11) is 1.83. The fraction of sp³-hybridized carbons (Fsp3) is 0.529. The fourth-order valence-electron chi connectivity index (χ4n) is 2.52. The van der Waals surface area contributed by atoms with Crippen LogP contribution in [0.25, 0.3) is 0 Å². The lowest BCUT2D eigenvalue weighted by molar-refractivity contribution is -0.906. The van der Waals surface area contributed by atoms with Gasteiger partial charge in [-0.1, -0.05) is 17.7 Å². The Bertz CT molecular complexity index is 544. The molecule has 2 rings (SSSR count). The van der Waals surface area contributed by atoms with Crippen LogP contribution >= 0.6 is 12.2 Å². The number of rotatable bonds is 6. The van der Waals surface area contributed by atoms with Crippen molar-refractivity contribution in [1.29, 1.82) is 0 Å². The van der Waals surface area contributed by atoms with E-state index in [0.717, 1.165) is 50.6 Å². The Hall–Kier alpha value is -1.70. The highest BCUT2D eigenvalue weighted by molar-refractivity contribution is 7.80. The predicted octanol–water partition coefficient (Wildman–Crippen LogP) is -0.345. The molecule has 0 radical (unpaired) electrons. The van der Waals surface area contributed by atoms with E-state index in [2.05, 4.69) is 10.6 Å². The Morgan fingerprint density at radius 1 is 1.29 bits per heavy atom. The van der Waals surface area contributed by atoms with E-state index >= 15 is 0 Å². The molecule has 0 spiro atoms. The summed E-state index contributed by atoms with van der Waals surface area (Å²) in [6, 6.07) is 7.74. The van der Waals surface area contributed by atoms with Crippen molar-refractivity contribution in [3.63, 3.8) is 0 Å². The van der Waals surface area contributed by atoms with Crippen molar-refractivity contribution in [2.75, 3.05) is 58.3 Å². The number of thiocarbonyl (C=S) groups is 1. The first kappa shape index (κ1) is 18.6. The van der Waals surface area contributed by atoms with Gasteiger partial charge in [0.05, 0.1) is 32.8 Å². The smallest absolute Gasteiger partial charge is 0.243 e. The van der Waals surface area contributed by atoms with Crippen LogP contribution in [-0.2, 0) is 9.53 Å². The van der Waals surface area contributed by atoms with Crippen LogP contribution in [0.2, 0.25) is 0 Å². The van der Waals surface area contributed by atoms with Crippen molar-refractivity contribution in [2.24, 2.45) is 0 Å². The molecule has 1 fully saturated rings. The third kappa shape index (κ3) is 6.43. The molecule has 0 unspecified atom stereocenters. The first-order valence-corrected chi connectivity index (χ1v) is 8.72. The topological polar surface area (TPSA) is 58.0 Å². The molecule has 0 atom stereocenters. The zero-order valence-corrected chi connectivity index (χ0v) is 15.2. The maximum absolute atomic E-state index is 12.1. The number of carbonyl (C=O) groups is 1. The molecule has 1 aliphatic heterocycles. The van der Waals surface area contributed by atoms with Crippen LogP contribution in [0, 0.1) is 6.92 Å². The van der Waals surface area contributed by atoms with Gasteiger partial charge in [-0.05, 0) is 31.3 Å². The van der Waals surface area contributed by atoms with Crippen LogP contribution < -0.4 is 15.5 Å². The van der Waals surface area contributed by atoms with Gasteiger partial charge in [0, 0.05) is 12.7 Å². The number of anilines is 1. The van der Waals surface area contributed by atoms with Crippen molar-refractivity contribution < 1.29 is 14.4 Å². The second-order valence-electron chi connectivity index (χ2n) is 6.11. The van der Waals surface area contributed by atoms with Crippen LogP contribution in [0.5, 0.6) is 0 Å². The molecule has 0 aliphatic carbocycles. The van der Waals surface area contributed by atoms with Crippen LogP contribution in [0.1, 0.15) is 5.56 Å². The number of hydrogen-bond acceptors (Lipinski definition) is 3. The molecule has 132 valence electrons. The molecule has 24 heavy (non-hydrogen) atoms. The standard InChI is InChI=1S/C17H26N4O2S/c1-14-3-5-15(6-4-14)19-16(22)13-20(2)17(24)18-7-8-21-9-11-23-12-10-21/h3-6H,7-13H2,1-2H3,(H,18,24)(H,19,22)/p+1. The number of quaternary nitrogens is 1. The maximum atomic E-state index is 12.1. The summed E-state index contributed by atoms with van der Waals surface area (Å²) in [6.07, 6.45) is 0. The van der Waals surface area contributed by atoms with Crippen LogP contribution in [0.15, 0.2) is 24.3 Å². The van der Waals surface area contributed by atoms with Gasteiger partial charge in [-0.15, -0.1) is 0 Å². The van der Waals surface area contributed by atoms with E-state index in [1.54, 1.807) is 4.90 Å². The Kier molecular flexibility index (Phi) is 7.42. The van der Waals surface area contributed by atoms with E-state index in [1.165, 1.54) is 4.90 Å². The van der Waals surface area contributed by atoms with E-state index in [4.69, 9.17) is 17.0 Å². The molecule has 1 aromatic carbocycles. The van der Waals surface area contributed by atoms with Gasteiger partial charge in [0.2, 0.25) is 5.91 Å². The monoisotopic (exact) mass is 351 g/mol. The van der Waals surface area contributed by atoms with E-state index in [0.29, 0.717) is 5.11 Å². The lowest BCUT2D eigenvalue weighted by Crippen LogP contribution is -3.14. The van der Waals surface area contributed by atoms with E-state index in [9.17, 15) is 4.79 Å². The maximum Gasteiger partial charge on any atom is 0.243 e. The summed E-state index contributed by atoms with van der Waals surface area (Å²) in [6.45, 7) is 7.81. The van der Waals surface area contributed by atoms with Crippen molar-refractivity contribution in [1.82, 2.24) is 10.2 Å². The molecule has 1 heterocycles. The van der Waals surface area contributed by atoms with Gasteiger partial charge in [-0.25, -0.2) is 0 Å². The van der Waals surface area contributed by atoms with Gasteiger partial charge < -0.3 is 25.2 Å². The second kappa shape index (κ2) is 9.56. The lowest BCUT2D eigenvalue weighted by Gasteiger charge is -2.25. The minimum atomic E-state index is -0.0793. The summed E-state index contributed by atoms with van der Waals surface area (Å²) in [5.74, 6) is -0.0793. The number of aryl methyl sites for hydroxylation is 1. The number of amides is 1. The normalized spacial score (nSPS) is 14.9. The molecule has 0 saturated carbocycles. The number of hydrogen-bond donors (Lipinski definition) is 3. The molecule has 1 saturated heterocycles. The average molecular weight is 351 g/mol. The number of likely N-dealkylation sites (N-methyl/N-ethyl adjacent to an activating group) is 1. The summed E-state index contributed by atoms with van der Waals surface area (Å²) in [5.41, 5.74) is 1.96. The molecule has 0 aromatic heterocycles. The quantitative estimate of drug-likeness (QED) is 0.612. The minimum Gasteiger partial charge on any atom is -0.370 e. The largest absolute Gasteiger partial charge is 0.370 e. The number of carbonyl (C=O) groups excluding carboxylic acids is 1. The number of nitrogens with zero attached hydrogens (tertiary/aromatic N) is 1. The second-order valence-corrected chi connectivity index (χ2v) is 6.50. The van der Waals surface area contributed by atoms with E-state index in [-0.39, 0.29) is 12.5 Å². The summed E-state index contributed by atoms with van der Waals surface area (Å²) < 4.78 is 5.34. The van der Waals surface area contributed by atoms with Gasteiger partial charge in [0.25, 0.3) is 0 Å². The van der Waals surface area contributed by atoms with Crippen LogP contribution in [0.3, 0.4) is 0 Å². The molecule has 6 nitrogen and oxygen atoms in total. The summed E-state index contributed by atoms with van der Waals surface area (Å²) >= 11 is 5.34. The Morgan fingerprint density at radius 3 is 2.62 bits per heavy atom. The molecule has 1 aliphatic rings. The highest BCUT2D eigenvalue weighted by Crippen LogP contribution is 2.08. The molecular formula is C17H27N4O2S+. The van der Waals surface area contributed by atoms with Crippen LogP contribution in [-0.4, -0.2) is 68.9 Å². The highest BCUT2D eigenvalue weighted by atomic mass is 32.1. The highest BCUT2D eigenvalue weighted by Gasteiger charge is 2.14. The zero-order chi connectivity index (χ0) is 17.4. The third-order valence-corrected chi connectivity index (χ3v) is 4.47. The molecular weight excluding hydrogens is 324 g/mol. The zero-order valence-electron chi connectivity index (χ0n) is 14.4.